The lowest BCUT2D eigenvalue weighted by atomic mass is 10.1. The molecule has 0 saturated carbocycles. The maximum absolute atomic E-state index is 5.89. The van der Waals surface area contributed by atoms with E-state index in [2.05, 4.69) is 60.9 Å². The zero-order valence-electron chi connectivity index (χ0n) is 16.5. The molecule has 0 aliphatic heterocycles. The number of hydrogen-bond donors (Lipinski definition) is 1. The maximum atomic E-state index is 5.89. The van der Waals surface area contributed by atoms with Gasteiger partial charge in [-0.3, -0.25) is 0 Å². The van der Waals surface area contributed by atoms with Crippen LogP contribution in [-0.4, -0.2) is 9.97 Å². The molecular weight excluding hydrogens is 470 g/mol. The van der Waals surface area contributed by atoms with Gasteiger partial charge in [0, 0.05) is 21.1 Å². The molecule has 0 aliphatic rings. The second kappa shape index (κ2) is 8.88. The predicted octanol–water partition coefficient (Wildman–Crippen LogP) is 7.44. The summed E-state index contributed by atoms with van der Waals surface area (Å²) in [6.45, 7) is 0.547. The van der Waals surface area contributed by atoms with Gasteiger partial charge in [0.1, 0.15) is 29.3 Å². The number of aromatic nitrogens is 2. The SMILES string of the molecule is Brc1ccc(-c2csc3ncnc(Nc4ccc(OCc5ccccc5)cc4)c23)cc1. The molecule has 152 valence electrons. The number of rotatable bonds is 6. The lowest BCUT2D eigenvalue weighted by molar-refractivity contribution is 0.306. The number of hydrogen-bond acceptors (Lipinski definition) is 5. The van der Waals surface area contributed by atoms with Crippen LogP contribution in [0.5, 0.6) is 5.75 Å². The van der Waals surface area contributed by atoms with E-state index < -0.39 is 0 Å². The first-order chi connectivity index (χ1) is 15.3. The summed E-state index contributed by atoms with van der Waals surface area (Å²) in [6.07, 6.45) is 1.60. The molecule has 2 heterocycles. The van der Waals surface area contributed by atoms with Gasteiger partial charge < -0.3 is 10.1 Å². The Labute approximate surface area is 192 Å². The van der Waals surface area contributed by atoms with Gasteiger partial charge in [-0.2, -0.15) is 0 Å². The second-order valence-corrected chi connectivity index (χ2v) is 8.76. The molecule has 0 spiro atoms. The average Bonchev–Trinajstić information content (AvgIpc) is 3.25. The van der Waals surface area contributed by atoms with Gasteiger partial charge in [-0.15, -0.1) is 11.3 Å². The zero-order valence-corrected chi connectivity index (χ0v) is 18.9. The Morgan fingerprint density at radius 2 is 1.65 bits per heavy atom. The molecular formula is C25H18BrN3OS. The molecule has 0 amide bonds. The largest absolute Gasteiger partial charge is 0.489 e. The fraction of sp³-hybridized carbons (Fsp3) is 0.0400. The van der Waals surface area contributed by atoms with Crippen LogP contribution < -0.4 is 10.1 Å². The van der Waals surface area contributed by atoms with Crippen molar-refractivity contribution < 1.29 is 4.74 Å². The fourth-order valence-corrected chi connectivity index (χ4v) is 4.50. The smallest absolute Gasteiger partial charge is 0.143 e. The molecule has 5 rings (SSSR count). The summed E-state index contributed by atoms with van der Waals surface area (Å²) in [5.74, 6) is 1.62. The number of fused-ring (bicyclic) bond motifs is 1. The Kier molecular flexibility index (Phi) is 5.65. The van der Waals surface area contributed by atoms with E-state index in [0.29, 0.717) is 6.61 Å². The lowest BCUT2D eigenvalue weighted by Gasteiger charge is -2.10. The Morgan fingerprint density at radius 1 is 0.871 bits per heavy atom. The average molecular weight is 488 g/mol. The van der Waals surface area contributed by atoms with Gasteiger partial charge in [-0.1, -0.05) is 58.4 Å². The monoisotopic (exact) mass is 487 g/mol. The molecule has 5 aromatic rings. The summed E-state index contributed by atoms with van der Waals surface area (Å²) >= 11 is 5.12. The fourth-order valence-electron chi connectivity index (χ4n) is 3.32. The van der Waals surface area contributed by atoms with Gasteiger partial charge in [0.2, 0.25) is 0 Å². The number of benzene rings is 3. The Morgan fingerprint density at radius 3 is 2.42 bits per heavy atom. The second-order valence-electron chi connectivity index (χ2n) is 6.98. The van der Waals surface area contributed by atoms with Gasteiger partial charge >= 0.3 is 0 Å². The van der Waals surface area contributed by atoms with E-state index in [-0.39, 0.29) is 0 Å². The number of halogens is 1. The van der Waals surface area contributed by atoms with Crippen LogP contribution in [0.3, 0.4) is 0 Å². The molecule has 3 aromatic carbocycles. The van der Waals surface area contributed by atoms with Gasteiger partial charge in [0.15, 0.2) is 0 Å². The third kappa shape index (κ3) is 4.45. The van der Waals surface area contributed by atoms with E-state index in [9.17, 15) is 0 Å². The van der Waals surface area contributed by atoms with E-state index in [0.717, 1.165) is 48.6 Å². The van der Waals surface area contributed by atoms with Crippen molar-refractivity contribution in [2.24, 2.45) is 0 Å². The van der Waals surface area contributed by atoms with Crippen molar-refractivity contribution in [3.05, 3.63) is 101 Å². The Balaban J connectivity index is 1.38. The zero-order chi connectivity index (χ0) is 21.0. The van der Waals surface area contributed by atoms with Crippen molar-refractivity contribution in [1.82, 2.24) is 9.97 Å². The molecule has 1 N–H and O–H groups in total. The molecule has 6 heteroatoms. The minimum Gasteiger partial charge on any atom is -0.489 e. The van der Waals surface area contributed by atoms with Crippen LogP contribution in [0.2, 0.25) is 0 Å². The van der Waals surface area contributed by atoms with E-state index in [1.807, 2.05) is 54.6 Å². The molecule has 0 saturated heterocycles. The molecule has 0 radical (unpaired) electrons. The normalized spacial score (nSPS) is 10.9. The van der Waals surface area contributed by atoms with Crippen molar-refractivity contribution in [2.75, 3.05) is 5.32 Å². The van der Waals surface area contributed by atoms with Crippen molar-refractivity contribution in [2.45, 2.75) is 6.61 Å². The van der Waals surface area contributed by atoms with Crippen LogP contribution in [-0.2, 0) is 6.61 Å². The van der Waals surface area contributed by atoms with Crippen molar-refractivity contribution in [3.63, 3.8) is 0 Å². The first-order valence-electron chi connectivity index (χ1n) is 9.78. The summed E-state index contributed by atoms with van der Waals surface area (Å²) in [5, 5.41) is 6.61. The van der Waals surface area contributed by atoms with Crippen LogP contribution in [0.25, 0.3) is 21.3 Å². The molecule has 0 unspecified atom stereocenters. The predicted molar refractivity (Wildman–Crippen MR) is 131 cm³/mol. The summed E-state index contributed by atoms with van der Waals surface area (Å²) in [5.41, 5.74) is 4.35. The van der Waals surface area contributed by atoms with E-state index in [4.69, 9.17) is 4.74 Å². The van der Waals surface area contributed by atoms with Gasteiger partial charge in [-0.05, 0) is 47.5 Å². The molecule has 4 nitrogen and oxygen atoms in total. The van der Waals surface area contributed by atoms with Crippen LogP contribution in [0.4, 0.5) is 11.5 Å². The quantitative estimate of drug-likeness (QED) is 0.270. The first kappa shape index (κ1) is 19.7. The first-order valence-corrected chi connectivity index (χ1v) is 11.5. The highest BCUT2D eigenvalue weighted by atomic mass is 79.9. The number of nitrogens with zero attached hydrogens (tertiary/aromatic N) is 2. The molecule has 2 aromatic heterocycles. The number of thiophene rings is 1. The molecule has 0 atom stereocenters. The van der Waals surface area contributed by atoms with Crippen LogP contribution in [0.1, 0.15) is 5.56 Å². The van der Waals surface area contributed by atoms with Crippen LogP contribution in [0, 0.1) is 0 Å². The molecule has 31 heavy (non-hydrogen) atoms. The van der Waals surface area contributed by atoms with Crippen molar-refractivity contribution in [1.29, 1.82) is 0 Å². The van der Waals surface area contributed by atoms with Gasteiger partial charge in [0.25, 0.3) is 0 Å². The van der Waals surface area contributed by atoms with Crippen LogP contribution >= 0.6 is 27.3 Å². The highest BCUT2D eigenvalue weighted by Crippen LogP contribution is 2.37. The number of ether oxygens (including phenoxy) is 1. The standard InChI is InChI=1S/C25H18BrN3OS/c26-19-8-6-18(7-9-19)22-15-31-25-23(22)24(27-16-28-25)29-20-10-12-21(13-11-20)30-14-17-4-2-1-3-5-17/h1-13,15-16H,14H2,(H,27,28,29). The lowest BCUT2D eigenvalue weighted by Crippen LogP contribution is -1.97. The van der Waals surface area contributed by atoms with Gasteiger partial charge in [-0.25, -0.2) is 9.97 Å². The highest BCUT2D eigenvalue weighted by Gasteiger charge is 2.13. The summed E-state index contributed by atoms with van der Waals surface area (Å²) in [4.78, 5) is 9.93. The number of nitrogens with one attached hydrogen (secondary N) is 1. The Hall–Kier alpha value is -3.22. The van der Waals surface area contributed by atoms with E-state index in [1.165, 1.54) is 0 Å². The topological polar surface area (TPSA) is 47.0 Å². The molecule has 0 fully saturated rings. The third-order valence-electron chi connectivity index (χ3n) is 4.89. The molecule has 0 bridgehead atoms. The van der Waals surface area contributed by atoms with Crippen molar-refractivity contribution in [3.8, 4) is 16.9 Å². The maximum Gasteiger partial charge on any atom is 0.143 e. The summed E-state index contributed by atoms with van der Waals surface area (Å²) in [7, 11) is 0. The number of anilines is 2. The van der Waals surface area contributed by atoms with Crippen LogP contribution in [0.15, 0.2) is 95.0 Å². The minimum atomic E-state index is 0.547. The van der Waals surface area contributed by atoms with Gasteiger partial charge in [0.05, 0.1) is 5.39 Å². The molecule has 0 aliphatic carbocycles. The minimum absolute atomic E-state index is 0.547. The summed E-state index contributed by atoms with van der Waals surface area (Å²) < 4.78 is 6.94. The van der Waals surface area contributed by atoms with E-state index in [1.54, 1.807) is 17.7 Å². The highest BCUT2D eigenvalue weighted by molar-refractivity contribution is 9.10. The van der Waals surface area contributed by atoms with E-state index >= 15 is 0 Å². The Bertz CT molecular complexity index is 1300. The summed E-state index contributed by atoms with van der Waals surface area (Å²) in [6, 6.07) is 26.4. The van der Waals surface area contributed by atoms with Crippen molar-refractivity contribution >= 4 is 49.0 Å². The third-order valence-corrected chi connectivity index (χ3v) is 6.31.